The van der Waals surface area contributed by atoms with E-state index in [1.165, 1.54) is 0 Å². The lowest BCUT2D eigenvalue weighted by Crippen LogP contribution is -2.11. The summed E-state index contributed by atoms with van der Waals surface area (Å²) in [5, 5.41) is 11.7. The summed E-state index contributed by atoms with van der Waals surface area (Å²) in [7, 11) is 0. The highest BCUT2D eigenvalue weighted by atomic mass is 16.1. The van der Waals surface area contributed by atoms with Gasteiger partial charge < -0.3 is 16.0 Å². The Morgan fingerprint density at radius 2 is 1.95 bits per heavy atom. The fraction of sp³-hybridized carbons (Fsp3) is 0.0769. The normalized spacial score (nSPS) is 10.8. The summed E-state index contributed by atoms with van der Waals surface area (Å²) < 4.78 is 1.79. The summed E-state index contributed by atoms with van der Waals surface area (Å²) in [5.41, 5.74) is 13.0. The van der Waals surface area contributed by atoms with Gasteiger partial charge in [-0.15, -0.1) is 10.2 Å². The molecule has 2 aromatic heterocycles. The van der Waals surface area contributed by atoms with Crippen LogP contribution in [0.3, 0.4) is 0 Å². The SMILES string of the molecule is NC(=O)c1cn(Cc2ccccc2)c2nnnc(N)c12. The van der Waals surface area contributed by atoms with E-state index in [-0.39, 0.29) is 5.82 Å². The van der Waals surface area contributed by atoms with Crippen LogP contribution in [0, 0.1) is 0 Å². The average molecular weight is 268 g/mol. The lowest BCUT2D eigenvalue weighted by molar-refractivity contribution is 0.100. The summed E-state index contributed by atoms with van der Waals surface area (Å²) in [5.74, 6) is -0.418. The molecule has 0 aliphatic carbocycles. The van der Waals surface area contributed by atoms with Gasteiger partial charge in [0.1, 0.15) is 0 Å². The number of aromatic nitrogens is 4. The molecule has 0 bridgehead atoms. The molecule has 4 N–H and O–H groups in total. The van der Waals surface area contributed by atoms with Crippen molar-refractivity contribution in [3.63, 3.8) is 0 Å². The van der Waals surface area contributed by atoms with Gasteiger partial charge in [0.25, 0.3) is 5.91 Å². The first kappa shape index (κ1) is 12.1. The Morgan fingerprint density at radius 3 is 2.65 bits per heavy atom. The van der Waals surface area contributed by atoms with Crippen molar-refractivity contribution in [3.05, 3.63) is 47.7 Å². The van der Waals surface area contributed by atoms with Crippen LogP contribution in [0.1, 0.15) is 15.9 Å². The highest BCUT2D eigenvalue weighted by Gasteiger charge is 2.17. The standard InChI is InChI=1S/C13H12N6O/c14-11-10-9(12(15)20)7-19(13(10)17-18-16-11)6-8-4-2-1-3-5-8/h1-5,7H,6H2,(H2,15,20)(H2,14,16,17). The Balaban J connectivity index is 2.17. The summed E-state index contributed by atoms with van der Waals surface area (Å²) in [4.78, 5) is 11.5. The third-order valence-corrected chi connectivity index (χ3v) is 3.06. The van der Waals surface area contributed by atoms with Crippen molar-refractivity contribution in [2.24, 2.45) is 5.73 Å². The number of anilines is 1. The van der Waals surface area contributed by atoms with Crippen molar-refractivity contribution in [3.8, 4) is 0 Å². The summed E-state index contributed by atoms with van der Waals surface area (Å²) >= 11 is 0. The van der Waals surface area contributed by atoms with Gasteiger partial charge in [0.05, 0.1) is 10.9 Å². The van der Waals surface area contributed by atoms with Crippen LogP contribution in [0.15, 0.2) is 36.5 Å². The molecule has 2 heterocycles. The second kappa shape index (κ2) is 4.61. The van der Waals surface area contributed by atoms with Crippen molar-refractivity contribution in [1.29, 1.82) is 0 Å². The van der Waals surface area contributed by atoms with Crippen molar-refractivity contribution < 1.29 is 4.79 Å². The molecule has 0 aliphatic heterocycles. The molecule has 3 rings (SSSR count). The number of fused-ring (bicyclic) bond motifs is 1. The predicted octanol–water partition coefficient (Wildman–Crippen LogP) is 0.556. The third-order valence-electron chi connectivity index (χ3n) is 3.06. The molecule has 0 saturated heterocycles. The molecule has 0 fully saturated rings. The number of nitrogens with two attached hydrogens (primary N) is 2. The fourth-order valence-corrected chi connectivity index (χ4v) is 2.16. The van der Waals surface area contributed by atoms with Crippen LogP contribution in [0.5, 0.6) is 0 Å². The molecule has 0 unspecified atom stereocenters. The first-order valence-corrected chi connectivity index (χ1v) is 5.98. The maximum Gasteiger partial charge on any atom is 0.251 e. The Kier molecular flexibility index (Phi) is 2.79. The first-order valence-electron chi connectivity index (χ1n) is 5.98. The Hall–Kier alpha value is -2.96. The molecule has 7 nitrogen and oxygen atoms in total. The predicted molar refractivity (Wildman–Crippen MR) is 73.8 cm³/mol. The van der Waals surface area contributed by atoms with Crippen molar-refractivity contribution in [1.82, 2.24) is 20.0 Å². The van der Waals surface area contributed by atoms with E-state index in [1.807, 2.05) is 30.3 Å². The van der Waals surface area contributed by atoms with E-state index in [2.05, 4.69) is 15.4 Å². The zero-order valence-corrected chi connectivity index (χ0v) is 10.5. The van der Waals surface area contributed by atoms with Crippen molar-refractivity contribution in [2.45, 2.75) is 6.54 Å². The molecular weight excluding hydrogens is 256 g/mol. The number of primary amides is 1. The molecule has 100 valence electrons. The number of nitrogens with zero attached hydrogens (tertiary/aromatic N) is 4. The molecular formula is C13H12N6O. The number of benzene rings is 1. The number of carbonyl (C=O) groups is 1. The minimum Gasteiger partial charge on any atom is -0.382 e. The maximum atomic E-state index is 11.5. The largest absolute Gasteiger partial charge is 0.382 e. The summed E-state index contributed by atoms with van der Waals surface area (Å²) in [6.07, 6.45) is 1.63. The van der Waals surface area contributed by atoms with Gasteiger partial charge in [0.2, 0.25) is 0 Å². The van der Waals surface area contributed by atoms with Crippen LogP contribution in [-0.2, 0) is 6.54 Å². The molecule has 20 heavy (non-hydrogen) atoms. The van der Waals surface area contributed by atoms with Crippen molar-refractivity contribution >= 4 is 22.8 Å². The average Bonchev–Trinajstić information content (AvgIpc) is 2.81. The van der Waals surface area contributed by atoms with E-state index in [0.717, 1.165) is 5.56 Å². The van der Waals surface area contributed by atoms with E-state index < -0.39 is 5.91 Å². The number of hydrogen-bond acceptors (Lipinski definition) is 5. The van der Waals surface area contributed by atoms with Crippen LogP contribution in [0.25, 0.3) is 11.0 Å². The van der Waals surface area contributed by atoms with Gasteiger partial charge in [0.15, 0.2) is 11.5 Å². The summed E-state index contributed by atoms with van der Waals surface area (Å²) in [6, 6.07) is 9.78. The number of rotatable bonds is 3. The summed E-state index contributed by atoms with van der Waals surface area (Å²) in [6.45, 7) is 0.544. The molecule has 0 aliphatic rings. The van der Waals surface area contributed by atoms with Gasteiger partial charge in [-0.2, -0.15) is 0 Å². The lowest BCUT2D eigenvalue weighted by atomic mass is 10.2. The Bertz CT molecular complexity index is 780. The van der Waals surface area contributed by atoms with E-state index in [0.29, 0.717) is 23.1 Å². The molecule has 0 saturated carbocycles. The second-order valence-electron chi connectivity index (χ2n) is 4.39. The number of nitrogen functional groups attached to an aromatic ring is 1. The Morgan fingerprint density at radius 1 is 1.20 bits per heavy atom. The monoisotopic (exact) mass is 268 g/mol. The van der Waals surface area contributed by atoms with Crippen LogP contribution in [0.4, 0.5) is 5.82 Å². The minimum absolute atomic E-state index is 0.149. The van der Waals surface area contributed by atoms with Gasteiger partial charge in [-0.3, -0.25) is 4.79 Å². The Labute approximate surface area is 114 Å². The molecule has 7 heteroatoms. The quantitative estimate of drug-likeness (QED) is 0.720. The third kappa shape index (κ3) is 1.95. The van der Waals surface area contributed by atoms with Gasteiger partial charge in [-0.25, -0.2) is 0 Å². The van der Waals surface area contributed by atoms with Gasteiger partial charge >= 0.3 is 0 Å². The maximum absolute atomic E-state index is 11.5. The van der Waals surface area contributed by atoms with Crippen LogP contribution < -0.4 is 11.5 Å². The van der Waals surface area contributed by atoms with Crippen molar-refractivity contribution in [2.75, 3.05) is 5.73 Å². The smallest absolute Gasteiger partial charge is 0.251 e. The molecule has 3 aromatic rings. The molecule has 0 spiro atoms. The number of amides is 1. The minimum atomic E-state index is -0.566. The zero-order valence-electron chi connectivity index (χ0n) is 10.5. The van der Waals surface area contributed by atoms with Gasteiger partial charge in [0, 0.05) is 12.7 Å². The first-order chi connectivity index (χ1) is 9.66. The van der Waals surface area contributed by atoms with E-state index in [9.17, 15) is 4.79 Å². The van der Waals surface area contributed by atoms with E-state index in [1.54, 1.807) is 10.8 Å². The highest BCUT2D eigenvalue weighted by molar-refractivity contribution is 6.08. The van der Waals surface area contributed by atoms with Crippen LogP contribution >= 0.6 is 0 Å². The van der Waals surface area contributed by atoms with E-state index >= 15 is 0 Å². The molecule has 1 aromatic carbocycles. The van der Waals surface area contributed by atoms with E-state index in [4.69, 9.17) is 11.5 Å². The molecule has 1 amide bonds. The van der Waals surface area contributed by atoms with Crippen LogP contribution in [0.2, 0.25) is 0 Å². The zero-order chi connectivity index (χ0) is 14.1. The van der Waals surface area contributed by atoms with Crippen LogP contribution in [-0.4, -0.2) is 25.9 Å². The topological polar surface area (TPSA) is 113 Å². The number of carbonyl (C=O) groups excluding carboxylic acids is 1. The molecule has 0 radical (unpaired) electrons. The second-order valence-corrected chi connectivity index (χ2v) is 4.39. The van der Waals surface area contributed by atoms with Gasteiger partial charge in [-0.1, -0.05) is 30.3 Å². The number of hydrogen-bond donors (Lipinski definition) is 2. The molecule has 0 atom stereocenters. The fourth-order valence-electron chi connectivity index (χ4n) is 2.16. The lowest BCUT2D eigenvalue weighted by Gasteiger charge is -2.03. The van der Waals surface area contributed by atoms with Gasteiger partial charge in [-0.05, 0) is 10.8 Å². The highest BCUT2D eigenvalue weighted by Crippen LogP contribution is 2.23.